The van der Waals surface area contributed by atoms with Crippen molar-refractivity contribution in [3.8, 4) is 5.75 Å². The molecule has 0 aliphatic carbocycles. The lowest BCUT2D eigenvalue weighted by atomic mass is 10.0. The molecule has 0 bridgehead atoms. The highest BCUT2D eigenvalue weighted by atomic mass is 16.5. The summed E-state index contributed by atoms with van der Waals surface area (Å²) in [5, 5.41) is 0. The van der Waals surface area contributed by atoms with Gasteiger partial charge in [0.1, 0.15) is 11.5 Å². The fourth-order valence-electron chi connectivity index (χ4n) is 2.46. The second-order valence-corrected chi connectivity index (χ2v) is 5.34. The molecule has 0 saturated carbocycles. The molecule has 1 amide bonds. The van der Waals surface area contributed by atoms with Crippen molar-refractivity contribution in [2.24, 2.45) is 0 Å². The summed E-state index contributed by atoms with van der Waals surface area (Å²) in [5.41, 5.74) is 3.22. The Labute approximate surface area is 119 Å². The van der Waals surface area contributed by atoms with Gasteiger partial charge in [-0.15, -0.1) is 0 Å². The Morgan fingerprint density at radius 2 is 1.80 bits per heavy atom. The van der Waals surface area contributed by atoms with E-state index in [1.54, 1.807) is 12.0 Å². The monoisotopic (exact) mass is 275 g/mol. The molecule has 4 heteroatoms. The lowest BCUT2D eigenvalue weighted by Crippen LogP contribution is -2.39. The van der Waals surface area contributed by atoms with E-state index in [9.17, 15) is 9.59 Å². The van der Waals surface area contributed by atoms with Gasteiger partial charge < -0.3 is 9.64 Å². The molecule has 0 unspecified atom stereocenters. The summed E-state index contributed by atoms with van der Waals surface area (Å²) in [6.45, 7) is 5.15. The number of rotatable bonds is 3. The molecule has 1 heterocycles. The van der Waals surface area contributed by atoms with Crippen LogP contribution in [0.25, 0.3) is 0 Å². The Bertz CT molecular complexity index is 527. The van der Waals surface area contributed by atoms with Crippen molar-refractivity contribution < 1.29 is 14.3 Å². The van der Waals surface area contributed by atoms with Gasteiger partial charge in [-0.25, -0.2) is 0 Å². The van der Waals surface area contributed by atoms with Gasteiger partial charge >= 0.3 is 0 Å². The molecule has 2 rings (SSSR count). The van der Waals surface area contributed by atoms with Crippen LogP contribution >= 0.6 is 0 Å². The van der Waals surface area contributed by atoms with E-state index >= 15 is 0 Å². The van der Waals surface area contributed by atoms with Crippen LogP contribution in [0.5, 0.6) is 5.75 Å². The van der Waals surface area contributed by atoms with Gasteiger partial charge in [0.15, 0.2) is 0 Å². The number of carbonyl (C=O) groups excluding carboxylic acids is 2. The van der Waals surface area contributed by atoms with Crippen molar-refractivity contribution in [3.63, 3.8) is 0 Å². The molecule has 1 saturated heterocycles. The average molecular weight is 275 g/mol. The molecule has 1 aromatic carbocycles. The normalized spacial score (nSPS) is 15.3. The minimum absolute atomic E-state index is 0.0686. The fourth-order valence-corrected chi connectivity index (χ4v) is 2.46. The number of likely N-dealkylation sites (tertiary alicyclic amines) is 1. The largest absolute Gasteiger partial charge is 0.496 e. The highest BCUT2D eigenvalue weighted by molar-refractivity contribution is 5.84. The minimum atomic E-state index is 0.0686. The SMILES string of the molecule is COc1cc(C)c(C)cc1CC(=O)N1CCC(=O)CC1. The molecule has 0 radical (unpaired) electrons. The highest BCUT2D eigenvalue weighted by Gasteiger charge is 2.21. The first-order valence-electron chi connectivity index (χ1n) is 6.95. The number of nitrogens with zero attached hydrogens (tertiary/aromatic N) is 1. The first-order chi connectivity index (χ1) is 9.51. The van der Waals surface area contributed by atoms with E-state index in [1.807, 2.05) is 26.0 Å². The zero-order valence-corrected chi connectivity index (χ0v) is 12.4. The Morgan fingerprint density at radius 3 is 2.40 bits per heavy atom. The second kappa shape index (κ2) is 6.07. The van der Waals surface area contributed by atoms with Gasteiger partial charge in [0, 0.05) is 31.5 Å². The van der Waals surface area contributed by atoms with Crippen LogP contribution in [-0.4, -0.2) is 36.8 Å². The van der Waals surface area contributed by atoms with Crippen LogP contribution in [0, 0.1) is 13.8 Å². The third-order valence-electron chi connectivity index (χ3n) is 3.91. The highest BCUT2D eigenvalue weighted by Crippen LogP contribution is 2.24. The van der Waals surface area contributed by atoms with Crippen LogP contribution in [0.15, 0.2) is 12.1 Å². The van der Waals surface area contributed by atoms with Gasteiger partial charge in [-0.3, -0.25) is 9.59 Å². The number of hydrogen-bond donors (Lipinski definition) is 0. The van der Waals surface area contributed by atoms with Crippen molar-refractivity contribution in [2.45, 2.75) is 33.1 Å². The van der Waals surface area contributed by atoms with Crippen LogP contribution in [0.1, 0.15) is 29.5 Å². The predicted molar refractivity (Wildman–Crippen MR) is 77.0 cm³/mol. The summed E-state index contributed by atoms with van der Waals surface area (Å²) >= 11 is 0. The number of hydrogen-bond acceptors (Lipinski definition) is 3. The van der Waals surface area contributed by atoms with Crippen molar-refractivity contribution >= 4 is 11.7 Å². The molecule has 0 aromatic heterocycles. The summed E-state index contributed by atoms with van der Waals surface area (Å²) in [6.07, 6.45) is 1.30. The number of methoxy groups -OCH3 is 1. The summed E-state index contributed by atoms with van der Waals surface area (Å²) < 4.78 is 5.36. The van der Waals surface area contributed by atoms with Gasteiger partial charge in [0.05, 0.1) is 13.5 Å². The average Bonchev–Trinajstić information content (AvgIpc) is 2.43. The molecular formula is C16H21NO3. The number of piperidine rings is 1. The molecule has 1 fully saturated rings. The van der Waals surface area contributed by atoms with E-state index in [-0.39, 0.29) is 11.7 Å². The number of carbonyl (C=O) groups is 2. The number of aryl methyl sites for hydroxylation is 2. The molecule has 0 spiro atoms. The molecule has 1 aliphatic heterocycles. The lowest BCUT2D eigenvalue weighted by Gasteiger charge is -2.26. The summed E-state index contributed by atoms with van der Waals surface area (Å²) in [5.74, 6) is 1.08. The van der Waals surface area contributed by atoms with Crippen LogP contribution in [0.3, 0.4) is 0 Å². The summed E-state index contributed by atoms with van der Waals surface area (Å²) in [7, 11) is 1.62. The van der Waals surface area contributed by atoms with Crippen LogP contribution in [0.4, 0.5) is 0 Å². The Hall–Kier alpha value is -1.84. The maximum atomic E-state index is 12.3. The smallest absolute Gasteiger partial charge is 0.227 e. The predicted octanol–water partition coefficient (Wildman–Crippen LogP) is 2.05. The molecule has 0 atom stereocenters. The Kier molecular flexibility index (Phi) is 4.42. The molecule has 1 aliphatic rings. The zero-order valence-electron chi connectivity index (χ0n) is 12.4. The molecule has 4 nitrogen and oxygen atoms in total. The standard InChI is InChI=1S/C16H21NO3/c1-11-8-13(15(20-3)9-12(11)2)10-16(19)17-6-4-14(18)5-7-17/h8-9H,4-7,10H2,1-3H3. The van der Waals surface area contributed by atoms with E-state index in [0.717, 1.165) is 22.4 Å². The lowest BCUT2D eigenvalue weighted by molar-refractivity contribution is -0.133. The van der Waals surface area contributed by atoms with Crippen molar-refractivity contribution in [3.05, 3.63) is 28.8 Å². The first-order valence-corrected chi connectivity index (χ1v) is 6.95. The molecule has 0 N–H and O–H groups in total. The number of amides is 1. The number of ether oxygens (including phenoxy) is 1. The first kappa shape index (κ1) is 14.6. The number of benzene rings is 1. The summed E-state index contributed by atoms with van der Waals surface area (Å²) in [6, 6.07) is 3.98. The van der Waals surface area contributed by atoms with Crippen LogP contribution in [-0.2, 0) is 16.0 Å². The van der Waals surface area contributed by atoms with Crippen molar-refractivity contribution in [2.75, 3.05) is 20.2 Å². The van der Waals surface area contributed by atoms with Crippen molar-refractivity contribution in [1.29, 1.82) is 0 Å². The molecule has 1 aromatic rings. The fraction of sp³-hybridized carbons (Fsp3) is 0.500. The molecule has 20 heavy (non-hydrogen) atoms. The Morgan fingerprint density at radius 1 is 1.20 bits per heavy atom. The maximum absolute atomic E-state index is 12.3. The Balaban J connectivity index is 2.11. The van der Waals surface area contributed by atoms with Gasteiger partial charge in [-0.05, 0) is 31.0 Å². The van der Waals surface area contributed by atoms with Gasteiger partial charge in [0.25, 0.3) is 0 Å². The quantitative estimate of drug-likeness (QED) is 0.848. The van der Waals surface area contributed by atoms with Gasteiger partial charge in [0.2, 0.25) is 5.91 Å². The van der Waals surface area contributed by atoms with E-state index in [2.05, 4.69) is 0 Å². The van der Waals surface area contributed by atoms with Crippen LogP contribution in [0.2, 0.25) is 0 Å². The summed E-state index contributed by atoms with van der Waals surface area (Å²) in [4.78, 5) is 25.3. The van der Waals surface area contributed by atoms with Crippen LogP contribution < -0.4 is 4.74 Å². The topological polar surface area (TPSA) is 46.6 Å². The molecule has 108 valence electrons. The van der Waals surface area contributed by atoms with E-state index in [1.165, 1.54) is 0 Å². The van der Waals surface area contributed by atoms with E-state index in [4.69, 9.17) is 4.74 Å². The third kappa shape index (κ3) is 3.18. The number of ketones is 1. The third-order valence-corrected chi connectivity index (χ3v) is 3.91. The van der Waals surface area contributed by atoms with E-state index < -0.39 is 0 Å². The van der Waals surface area contributed by atoms with Crippen molar-refractivity contribution in [1.82, 2.24) is 4.90 Å². The molecular weight excluding hydrogens is 254 g/mol. The minimum Gasteiger partial charge on any atom is -0.496 e. The van der Waals surface area contributed by atoms with Gasteiger partial charge in [-0.2, -0.15) is 0 Å². The number of Topliss-reactive ketones (excluding diaryl/α,β-unsaturated/α-hetero) is 1. The van der Waals surface area contributed by atoms with E-state index in [0.29, 0.717) is 32.4 Å². The van der Waals surface area contributed by atoms with Gasteiger partial charge in [-0.1, -0.05) is 6.07 Å². The zero-order chi connectivity index (χ0) is 14.7. The maximum Gasteiger partial charge on any atom is 0.227 e. The second-order valence-electron chi connectivity index (χ2n) is 5.34.